The lowest BCUT2D eigenvalue weighted by Crippen LogP contribution is -2.30. The lowest BCUT2D eigenvalue weighted by atomic mass is 10.2. The first-order chi connectivity index (χ1) is 13.2. The van der Waals surface area contributed by atoms with E-state index < -0.39 is 6.10 Å². The molecule has 1 N–H and O–H groups in total. The molecule has 0 aliphatic rings. The van der Waals surface area contributed by atoms with Crippen molar-refractivity contribution in [2.45, 2.75) is 13.0 Å². The molecule has 0 radical (unpaired) electrons. The summed E-state index contributed by atoms with van der Waals surface area (Å²) in [5.74, 6) is 1.49. The maximum absolute atomic E-state index is 12.3. The molecule has 5 nitrogen and oxygen atoms in total. The molecule has 27 heavy (non-hydrogen) atoms. The predicted molar refractivity (Wildman–Crippen MR) is 103 cm³/mol. The predicted octanol–water partition coefficient (Wildman–Crippen LogP) is 4.76. The molecule has 1 unspecified atom stereocenters. The van der Waals surface area contributed by atoms with Crippen LogP contribution in [0, 0.1) is 11.3 Å². The standard InChI is InChI=1S/C22H18N2O3/c1-16(26-21-10-6-5-7-17(21)15-23)22(25)24-18-11-13-20(14-12-18)27-19-8-3-2-4-9-19/h2-14,16H,1H3,(H,24,25). The maximum Gasteiger partial charge on any atom is 0.265 e. The summed E-state index contributed by atoms with van der Waals surface area (Å²) in [6, 6.07) is 25.4. The van der Waals surface area contributed by atoms with Crippen LogP contribution in [-0.4, -0.2) is 12.0 Å². The number of rotatable bonds is 6. The number of carbonyl (C=O) groups excluding carboxylic acids is 1. The van der Waals surface area contributed by atoms with Crippen LogP contribution in [0.4, 0.5) is 5.69 Å². The zero-order valence-electron chi connectivity index (χ0n) is 14.8. The molecule has 0 aliphatic carbocycles. The summed E-state index contributed by atoms with van der Waals surface area (Å²) in [5.41, 5.74) is 1.02. The van der Waals surface area contributed by atoms with Gasteiger partial charge in [-0.2, -0.15) is 5.26 Å². The summed E-state index contributed by atoms with van der Waals surface area (Å²) >= 11 is 0. The minimum Gasteiger partial charge on any atom is -0.480 e. The molecular weight excluding hydrogens is 340 g/mol. The highest BCUT2D eigenvalue weighted by Gasteiger charge is 2.16. The SMILES string of the molecule is CC(Oc1ccccc1C#N)C(=O)Nc1ccc(Oc2ccccc2)cc1. The average molecular weight is 358 g/mol. The Hall–Kier alpha value is -3.78. The monoisotopic (exact) mass is 358 g/mol. The molecule has 0 bridgehead atoms. The highest BCUT2D eigenvalue weighted by atomic mass is 16.5. The van der Waals surface area contributed by atoms with Crippen molar-refractivity contribution in [2.75, 3.05) is 5.32 Å². The van der Waals surface area contributed by atoms with Crippen molar-refractivity contribution < 1.29 is 14.3 Å². The Kier molecular flexibility index (Phi) is 5.70. The topological polar surface area (TPSA) is 71.3 Å². The molecule has 0 spiro atoms. The zero-order chi connectivity index (χ0) is 19.1. The number of anilines is 1. The van der Waals surface area contributed by atoms with Gasteiger partial charge in [-0.25, -0.2) is 0 Å². The highest BCUT2D eigenvalue weighted by Crippen LogP contribution is 2.23. The van der Waals surface area contributed by atoms with E-state index in [2.05, 4.69) is 5.32 Å². The van der Waals surface area contributed by atoms with E-state index in [1.54, 1.807) is 55.5 Å². The number of nitrogens with zero attached hydrogens (tertiary/aromatic N) is 1. The fourth-order valence-corrected chi connectivity index (χ4v) is 2.38. The van der Waals surface area contributed by atoms with Gasteiger partial charge in [0.2, 0.25) is 0 Å². The lowest BCUT2D eigenvalue weighted by Gasteiger charge is -2.15. The van der Waals surface area contributed by atoms with Crippen LogP contribution >= 0.6 is 0 Å². The summed E-state index contributed by atoms with van der Waals surface area (Å²) in [6.07, 6.45) is -0.750. The van der Waals surface area contributed by atoms with Crippen LogP contribution < -0.4 is 14.8 Å². The third-order valence-corrected chi connectivity index (χ3v) is 3.78. The summed E-state index contributed by atoms with van der Waals surface area (Å²) in [5, 5.41) is 11.9. The smallest absolute Gasteiger partial charge is 0.265 e. The van der Waals surface area contributed by atoms with Crippen molar-refractivity contribution in [3.8, 4) is 23.3 Å². The minimum absolute atomic E-state index is 0.306. The quantitative estimate of drug-likeness (QED) is 0.690. The van der Waals surface area contributed by atoms with Crippen molar-refractivity contribution in [3.05, 3.63) is 84.4 Å². The van der Waals surface area contributed by atoms with Gasteiger partial charge >= 0.3 is 0 Å². The Morgan fingerprint density at radius 3 is 2.26 bits per heavy atom. The Bertz CT molecular complexity index is 947. The van der Waals surface area contributed by atoms with Crippen molar-refractivity contribution in [1.82, 2.24) is 0 Å². The Morgan fingerprint density at radius 1 is 0.926 bits per heavy atom. The van der Waals surface area contributed by atoms with E-state index in [0.717, 1.165) is 5.75 Å². The van der Waals surface area contributed by atoms with E-state index in [-0.39, 0.29) is 5.91 Å². The summed E-state index contributed by atoms with van der Waals surface area (Å²) < 4.78 is 11.3. The van der Waals surface area contributed by atoms with E-state index >= 15 is 0 Å². The third kappa shape index (κ3) is 4.86. The maximum atomic E-state index is 12.3. The van der Waals surface area contributed by atoms with E-state index in [1.165, 1.54) is 0 Å². The summed E-state index contributed by atoms with van der Waals surface area (Å²) in [4.78, 5) is 12.3. The fraction of sp³-hybridized carbons (Fsp3) is 0.0909. The number of nitriles is 1. The first-order valence-electron chi connectivity index (χ1n) is 8.45. The molecular formula is C22H18N2O3. The van der Waals surface area contributed by atoms with Crippen LogP contribution in [-0.2, 0) is 4.79 Å². The summed E-state index contributed by atoms with van der Waals surface area (Å²) in [6.45, 7) is 1.64. The molecule has 3 rings (SSSR count). The minimum atomic E-state index is -0.750. The second-order valence-corrected chi connectivity index (χ2v) is 5.80. The van der Waals surface area contributed by atoms with Crippen LogP contribution in [0.25, 0.3) is 0 Å². The number of benzene rings is 3. The molecule has 0 saturated carbocycles. The lowest BCUT2D eigenvalue weighted by molar-refractivity contribution is -0.122. The Labute approximate surface area is 157 Å². The van der Waals surface area contributed by atoms with Crippen LogP contribution in [0.2, 0.25) is 0 Å². The average Bonchev–Trinajstić information content (AvgIpc) is 2.70. The largest absolute Gasteiger partial charge is 0.480 e. The van der Waals surface area contributed by atoms with Gasteiger partial charge in [0.15, 0.2) is 6.10 Å². The van der Waals surface area contributed by atoms with Crippen molar-refractivity contribution in [3.63, 3.8) is 0 Å². The van der Waals surface area contributed by atoms with E-state index in [1.807, 2.05) is 36.4 Å². The van der Waals surface area contributed by atoms with Crippen molar-refractivity contribution in [2.24, 2.45) is 0 Å². The molecule has 0 heterocycles. The van der Waals surface area contributed by atoms with Gasteiger partial charge in [-0.05, 0) is 55.5 Å². The van der Waals surface area contributed by atoms with E-state index in [9.17, 15) is 4.79 Å². The number of nitrogens with one attached hydrogen (secondary N) is 1. The van der Waals surface area contributed by atoms with Crippen LogP contribution in [0.3, 0.4) is 0 Å². The number of hydrogen-bond donors (Lipinski definition) is 1. The Morgan fingerprint density at radius 2 is 1.56 bits per heavy atom. The molecule has 134 valence electrons. The normalized spacial score (nSPS) is 11.1. The fourth-order valence-electron chi connectivity index (χ4n) is 2.38. The summed E-state index contributed by atoms with van der Waals surface area (Å²) in [7, 11) is 0. The van der Waals surface area contributed by atoms with Crippen LogP contribution in [0.5, 0.6) is 17.2 Å². The molecule has 1 amide bonds. The van der Waals surface area contributed by atoms with Crippen LogP contribution in [0.1, 0.15) is 12.5 Å². The second-order valence-electron chi connectivity index (χ2n) is 5.80. The highest BCUT2D eigenvalue weighted by molar-refractivity contribution is 5.94. The van der Waals surface area contributed by atoms with E-state index in [0.29, 0.717) is 22.7 Å². The molecule has 0 aliphatic heterocycles. The van der Waals surface area contributed by atoms with Gasteiger partial charge < -0.3 is 14.8 Å². The van der Waals surface area contributed by atoms with Gasteiger partial charge in [0.25, 0.3) is 5.91 Å². The van der Waals surface area contributed by atoms with Gasteiger partial charge in [0.05, 0.1) is 5.56 Å². The molecule has 3 aromatic rings. The Balaban J connectivity index is 1.59. The number of ether oxygens (including phenoxy) is 2. The van der Waals surface area contributed by atoms with E-state index in [4.69, 9.17) is 14.7 Å². The van der Waals surface area contributed by atoms with Crippen LogP contribution in [0.15, 0.2) is 78.9 Å². The van der Waals surface area contributed by atoms with Gasteiger partial charge in [-0.1, -0.05) is 30.3 Å². The molecule has 0 saturated heterocycles. The third-order valence-electron chi connectivity index (χ3n) is 3.78. The number of carbonyl (C=O) groups is 1. The molecule has 1 atom stereocenters. The van der Waals surface area contributed by atoms with Gasteiger partial charge in [-0.3, -0.25) is 4.79 Å². The number of hydrogen-bond acceptors (Lipinski definition) is 4. The first-order valence-corrected chi connectivity index (χ1v) is 8.45. The second kappa shape index (κ2) is 8.54. The molecule has 0 aromatic heterocycles. The number of amides is 1. The van der Waals surface area contributed by atoms with Gasteiger partial charge in [0, 0.05) is 5.69 Å². The number of para-hydroxylation sites is 2. The molecule has 3 aromatic carbocycles. The van der Waals surface area contributed by atoms with Gasteiger partial charge in [0.1, 0.15) is 23.3 Å². The van der Waals surface area contributed by atoms with Crippen molar-refractivity contribution >= 4 is 11.6 Å². The first kappa shape index (κ1) is 18.0. The van der Waals surface area contributed by atoms with Gasteiger partial charge in [-0.15, -0.1) is 0 Å². The molecule has 5 heteroatoms. The zero-order valence-corrected chi connectivity index (χ0v) is 14.8. The molecule has 0 fully saturated rings. The van der Waals surface area contributed by atoms with Crippen molar-refractivity contribution in [1.29, 1.82) is 5.26 Å².